The quantitative estimate of drug-likeness (QED) is 0.232. The first-order valence-electron chi connectivity index (χ1n) is 4.64. The number of alkyl halides is 3. The predicted molar refractivity (Wildman–Crippen MR) is 70.7 cm³/mol. The molecule has 110 valence electrons. The summed E-state index contributed by atoms with van der Waals surface area (Å²) in [5.41, 5.74) is 12.0. The third-order valence-corrected chi connectivity index (χ3v) is 1.75. The van der Waals surface area contributed by atoms with E-state index >= 15 is 0 Å². The average molecular weight is 337 g/mol. The number of carboxylic acid groups (broad SMARTS) is 2. The second-order valence-corrected chi connectivity index (χ2v) is 5.48. The number of azide groups is 1. The second-order valence-electron chi connectivity index (χ2n) is 2.97. The van der Waals surface area contributed by atoms with Gasteiger partial charge in [0, 0.05) is 18.0 Å². The highest BCUT2D eigenvalue weighted by Crippen LogP contribution is 2.27. The van der Waals surface area contributed by atoms with Crippen molar-refractivity contribution in [2.75, 3.05) is 19.6 Å². The molecule has 0 rings (SSSR count). The van der Waals surface area contributed by atoms with Crippen molar-refractivity contribution in [1.82, 2.24) is 4.90 Å². The molecule has 0 saturated carbocycles. The summed E-state index contributed by atoms with van der Waals surface area (Å²) in [6, 6.07) is 0. The number of hydrogen-bond donors (Lipinski definition) is 3. The zero-order valence-electron chi connectivity index (χ0n) is 9.54. The minimum Gasteiger partial charge on any atom is -0.465 e. The van der Waals surface area contributed by atoms with Crippen molar-refractivity contribution < 1.29 is 19.8 Å². The highest BCUT2D eigenvalue weighted by molar-refractivity contribution is 6.67. The van der Waals surface area contributed by atoms with E-state index in [1.54, 1.807) is 0 Å². The van der Waals surface area contributed by atoms with Crippen LogP contribution >= 0.6 is 34.8 Å². The van der Waals surface area contributed by atoms with Gasteiger partial charge in [-0.05, 0) is 12.0 Å². The first kappa shape index (κ1) is 20.0. The van der Waals surface area contributed by atoms with Crippen LogP contribution in [0.3, 0.4) is 0 Å². The summed E-state index contributed by atoms with van der Waals surface area (Å²) in [5, 5.41) is 19.2. The normalized spacial score (nSPS) is 9.63. The van der Waals surface area contributed by atoms with Crippen LogP contribution in [0.2, 0.25) is 0 Å². The topological polar surface area (TPSA) is 153 Å². The Bertz CT molecular complexity index is 338. The molecule has 9 nitrogen and oxygen atoms in total. The Kier molecular flexibility index (Phi) is 11.2. The molecule has 0 saturated heterocycles. The molecule has 4 N–H and O–H groups in total. The molecule has 0 aromatic heterocycles. The molecule has 0 atom stereocenters. The summed E-state index contributed by atoms with van der Waals surface area (Å²) in [6.07, 6.45) is -2.13. The Hall–Kier alpha value is -1.28. The lowest BCUT2D eigenvalue weighted by Gasteiger charge is -2.22. The van der Waals surface area contributed by atoms with Gasteiger partial charge >= 0.3 is 12.2 Å². The van der Waals surface area contributed by atoms with Gasteiger partial charge < -0.3 is 20.8 Å². The van der Waals surface area contributed by atoms with E-state index in [2.05, 4.69) is 15.8 Å². The molecule has 0 spiro atoms. The molecule has 0 unspecified atom stereocenters. The summed E-state index contributed by atoms with van der Waals surface area (Å²) >= 11 is 16.4. The standard InChI is InChI=1S/C6H9Cl3N4O2.CH3NO2/c7-6(8,9)4-13(5(14)15)3-1-2-11-12-10;2-1(3)4/h1-4H2,(H,14,15);2H2,(H,3,4). The van der Waals surface area contributed by atoms with Crippen molar-refractivity contribution in [3.63, 3.8) is 0 Å². The van der Waals surface area contributed by atoms with E-state index in [9.17, 15) is 4.79 Å². The Balaban J connectivity index is 0. The van der Waals surface area contributed by atoms with E-state index in [0.29, 0.717) is 6.42 Å². The fourth-order valence-corrected chi connectivity index (χ4v) is 1.27. The van der Waals surface area contributed by atoms with Gasteiger partial charge in [-0.25, -0.2) is 9.59 Å². The Morgan fingerprint density at radius 2 is 1.84 bits per heavy atom. The number of halogens is 3. The summed E-state index contributed by atoms with van der Waals surface area (Å²) in [5.74, 6) is 0. The molecule has 0 aliphatic heterocycles. The maximum absolute atomic E-state index is 10.7. The van der Waals surface area contributed by atoms with Crippen LogP contribution in [0.25, 0.3) is 10.4 Å². The molecule has 0 heterocycles. The Labute approximate surface area is 123 Å². The van der Waals surface area contributed by atoms with Crippen LogP contribution in [-0.2, 0) is 0 Å². The molecule has 0 bridgehead atoms. The monoisotopic (exact) mass is 335 g/mol. The maximum atomic E-state index is 10.7. The van der Waals surface area contributed by atoms with Gasteiger partial charge in [0.25, 0.3) is 0 Å². The molecular formula is C7H12Cl3N5O4. The van der Waals surface area contributed by atoms with Crippen molar-refractivity contribution >= 4 is 47.0 Å². The van der Waals surface area contributed by atoms with E-state index in [1.165, 1.54) is 0 Å². The van der Waals surface area contributed by atoms with Crippen LogP contribution in [0.4, 0.5) is 9.59 Å². The maximum Gasteiger partial charge on any atom is 0.407 e. The highest BCUT2D eigenvalue weighted by Gasteiger charge is 2.26. The lowest BCUT2D eigenvalue weighted by Crippen LogP contribution is -2.37. The number of primary amides is 1. The van der Waals surface area contributed by atoms with Gasteiger partial charge in [-0.3, -0.25) is 0 Å². The number of nitrogens with two attached hydrogens (primary N) is 1. The fourth-order valence-electron chi connectivity index (χ4n) is 0.836. The van der Waals surface area contributed by atoms with E-state index in [1.807, 2.05) is 0 Å². The third-order valence-electron chi connectivity index (χ3n) is 1.39. The first-order valence-corrected chi connectivity index (χ1v) is 5.77. The van der Waals surface area contributed by atoms with Crippen LogP contribution in [-0.4, -0.2) is 50.7 Å². The summed E-state index contributed by atoms with van der Waals surface area (Å²) < 4.78 is -1.64. The zero-order chi connectivity index (χ0) is 15.5. The van der Waals surface area contributed by atoms with Crippen molar-refractivity contribution in [3.8, 4) is 0 Å². The van der Waals surface area contributed by atoms with E-state index in [-0.39, 0.29) is 19.6 Å². The van der Waals surface area contributed by atoms with Crippen molar-refractivity contribution in [3.05, 3.63) is 10.4 Å². The van der Waals surface area contributed by atoms with Gasteiger partial charge in [-0.15, -0.1) is 0 Å². The van der Waals surface area contributed by atoms with Crippen LogP contribution in [0, 0.1) is 0 Å². The van der Waals surface area contributed by atoms with Gasteiger partial charge in [0.1, 0.15) is 0 Å². The number of rotatable bonds is 5. The Morgan fingerprint density at radius 1 is 1.37 bits per heavy atom. The lowest BCUT2D eigenvalue weighted by atomic mass is 10.4. The van der Waals surface area contributed by atoms with Crippen LogP contribution in [0.15, 0.2) is 5.11 Å². The number of hydrogen-bond acceptors (Lipinski definition) is 3. The molecule has 19 heavy (non-hydrogen) atoms. The zero-order valence-corrected chi connectivity index (χ0v) is 11.8. The Morgan fingerprint density at radius 3 is 2.16 bits per heavy atom. The SMILES string of the molecule is NC(=O)O.[N-]=[N+]=NCCCN(CC(Cl)(Cl)Cl)C(=O)O. The number of amides is 2. The largest absolute Gasteiger partial charge is 0.465 e. The summed E-state index contributed by atoms with van der Waals surface area (Å²) in [4.78, 5) is 23.0. The second kappa shape index (κ2) is 10.6. The number of nitrogens with zero attached hydrogens (tertiary/aromatic N) is 4. The smallest absolute Gasteiger partial charge is 0.407 e. The van der Waals surface area contributed by atoms with Gasteiger partial charge in [-0.2, -0.15) is 0 Å². The molecule has 0 aliphatic carbocycles. The molecule has 0 aromatic rings. The molecule has 0 radical (unpaired) electrons. The van der Waals surface area contributed by atoms with Crippen molar-refractivity contribution in [1.29, 1.82) is 0 Å². The van der Waals surface area contributed by atoms with Crippen LogP contribution in [0.5, 0.6) is 0 Å². The predicted octanol–water partition coefficient (Wildman–Crippen LogP) is 2.66. The molecule has 0 aromatic carbocycles. The lowest BCUT2D eigenvalue weighted by molar-refractivity contribution is 0.146. The van der Waals surface area contributed by atoms with Crippen molar-refractivity contribution in [2.45, 2.75) is 10.2 Å². The average Bonchev–Trinajstić information content (AvgIpc) is 2.20. The van der Waals surface area contributed by atoms with Crippen LogP contribution in [0.1, 0.15) is 6.42 Å². The molecule has 0 aliphatic rings. The molecule has 2 amide bonds. The third kappa shape index (κ3) is 19.2. The van der Waals surface area contributed by atoms with Crippen LogP contribution < -0.4 is 5.73 Å². The highest BCUT2D eigenvalue weighted by atomic mass is 35.6. The summed E-state index contributed by atoms with van der Waals surface area (Å²) in [7, 11) is 0. The van der Waals surface area contributed by atoms with E-state index in [4.69, 9.17) is 55.3 Å². The molecule has 12 heteroatoms. The van der Waals surface area contributed by atoms with Crippen molar-refractivity contribution in [2.24, 2.45) is 10.8 Å². The molecule has 0 fully saturated rings. The van der Waals surface area contributed by atoms with E-state index < -0.39 is 16.0 Å². The first-order chi connectivity index (χ1) is 8.60. The minimum absolute atomic E-state index is 0.155. The fraction of sp³-hybridized carbons (Fsp3) is 0.714. The van der Waals surface area contributed by atoms with Gasteiger partial charge in [0.2, 0.25) is 3.79 Å². The number of carbonyl (C=O) groups is 2. The van der Waals surface area contributed by atoms with Gasteiger partial charge in [-0.1, -0.05) is 39.9 Å². The van der Waals surface area contributed by atoms with Gasteiger partial charge in [0.05, 0.1) is 6.54 Å². The molecular weight excluding hydrogens is 324 g/mol. The summed E-state index contributed by atoms with van der Waals surface area (Å²) in [6.45, 7) is 0.145. The minimum atomic E-state index is -1.64. The van der Waals surface area contributed by atoms with Gasteiger partial charge in [0.15, 0.2) is 0 Å². The van der Waals surface area contributed by atoms with E-state index in [0.717, 1.165) is 4.90 Å².